The van der Waals surface area contributed by atoms with Crippen LogP contribution in [0.3, 0.4) is 0 Å². The maximum absolute atomic E-state index is 5.57. The smallest absolute Gasteiger partial charge is 0.142 e. The number of anilines is 1. The topological polar surface area (TPSA) is 21.3 Å². The molecule has 0 spiro atoms. The largest absolute Gasteiger partial charge is 0.492 e. The molecule has 0 aliphatic heterocycles. The second-order valence-corrected chi connectivity index (χ2v) is 4.27. The molecule has 0 atom stereocenters. The summed E-state index contributed by atoms with van der Waals surface area (Å²) in [6, 6.07) is 8.15. The summed E-state index contributed by atoms with van der Waals surface area (Å²) in [6.07, 6.45) is 6.57. The maximum Gasteiger partial charge on any atom is 0.142 e. The van der Waals surface area contributed by atoms with Crippen molar-refractivity contribution >= 4 is 5.69 Å². The maximum atomic E-state index is 5.57. The molecule has 1 aromatic carbocycles. The van der Waals surface area contributed by atoms with E-state index in [-0.39, 0.29) is 0 Å². The Bertz CT molecular complexity index is 299. The van der Waals surface area contributed by atoms with Crippen LogP contribution in [-0.2, 0) is 0 Å². The van der Waals surface area contributed by atoms with E-state index in [2.05, 4.69) is 18.3 Å². The third kappa shape index (κ3) is 5.62. The highest BCUT2D eigenvalue weighted by Crippen LogP contribution is 2.23. The molecule has 1 rings (SSSR count). The first kappa shape index (κ1) is 13.9. The van der Waals surface area contributed by atoms with Gasteiger partial charge in [0, 0.05) is 6.54 Å². The molecule has 0 saturated carbocycles. The van der Waals surface area contributed by atoms with Crippen molar-refractivity contribution in [2.45, 2.75) is 46.0 Å². The van der Waals surface area contributed by atoms with Crippen molar-refractivity contribution in [1.29, 1.82) is 0 Å². The van der Waals surface area contributed by atoms with Gasteiger partial charge in [-0.15, -0.1) is 0 Å². The van der Waals surface area contributed by atoms with Gasteiger partial charge in [-0.1, -0.05) is 44.7 Å². The molecule has 0 aromatic heterocycles. The lowest BCUT2D eigenvalue weighted by Crippen LogP contribution is -2.04. The normalized spacial score (nSPS) is 10.2. The van der Waals surface area contributed by atoms with Crippen LogP contribution in [0.1, 0.15) is 46.0 Å². The van der Waals surface area contributed by atoms with E-state index in [9.17, 15) is 0 Å². The van der Waals surface area contributed by atoms with Gasteiger partial charge in [-0.05, 0) is 25.5 Å². The fourth-order valence-corrected chi connectivity index (χ4v) is 1.85. The van der Waals surface area contributed by atoms with E-state index in [1.54, 1.807) is 0 Å². The van der Waals surface area contributed by atoms with Crippen LogP contribution >= 0.6 is 0 Å². The summed E-state index contributed by atoms with van der Waals surface area (Å²) >= 11 is 0. The van der Waals surface area contributed by atoms with E-state index >= 15 is 0 Å². The summed E-state index contributed by atoms with van der Waals surface area (Å²) in [5, 5.41) is 3.45. The minimum Gasteiger partial charge on any atom is -0.492 e. The Morgan fingerprint density at radius 3 is 2.53 bits per heavy atom. The molecular formula is C15H25NO. The number of unbranched alkanes of at least 4 members (excludes halogenated alkanes) is 4. The molecule has 0 aliphatic carbocycles. The highest BCUT2D eigenvalue weighted by atomic mass is 16.5. The number of ether oxygens (including phenoxy) is 1. The molecule has 0 radical (unpaired) electrons. The van der Waals surface area contributed by atoms with Gasteiger partial charge >= 0.3 is 0 Å². The first-order valence-corrected chi connectivity index (χ1v) is 6.84. The van der Waals surface area contributed by atoms with Crippen LogP contribution in [0.25, 0.3) is 0 Å². The zero-order valence-corrected chi connectivity index (χ0v) is 11.2. The van der Waals surface area contributed by atoms with Crippen molar-refractivity contribution in [3.63, 3.8) is 0 Å². The molecule has 17 heavy (non-hydrogen) atoms. The molecule has 96 valence electrons. The number of rotatable bonds is 9. The lowest BCUT2D eigenvalue weighted by molar-refractivity contribution is 0.341. The monoisotopic (exact) mass is 235 g/mol. The molecule has 0 saturated heterocycles. The van der Waals surface area contributed by atoms with Crippen LogP contribution in [0.15, 0.2) is 24.3 Å². The Morgan fingerprint density at radius 1 is 1.00 bits per heavy atom. The number of hydrogen-bond acceptors (Lipinski definition) is 2. The number of para-hydroxylation sites is 2. The van der Waals surface area contributed by atoms with Gasteiger partial charge in [-0.3, -0.25) is 0 Å². The Kier molecular flexibility index (Phi) is 7.28. The van der Waals surface area contributed by atoms with E-state index in [4.69, 9.17) is 4.74 Å². The lowest BCUT2D eigenvalue weighted by Gasteiger charge is -2.11. The second kappa shape index (κ2) is 8.91. The van der Waals surface area contributed by atoms with Crippen molar-refractivity contribution in [3.8, 4) is 5.75 Å². The van der Waals surface area contributed by atoms with Crippen LogP contribution in [0.5, 0.6) is 5.75 Å². The first-order valence-electron chi connectivity index (χ1n) is 6.84. The summed E-state index contributed by atoms with van der Waals surface area (Å²) in [7, 11) is 0. The van der Waals surface area contributed by atoms with E-state index in [0.717, 1.165) is 24.6 Å². The van der Waals surface area contributed by atoms with E-state index in [0.29, 0.717) is 0 Å². The minimum atomic E-state index is 0.717. The lowest BCUT2D eigenvalue weighted by atomic mass is 10.1. The zero-order chi connectivity index (χ0) is 12.3. The Balaban J connectivity index is 2.25. The Labute approximate surface area is 105 Å². The summed E-state index contributed by atoms with van der Waals surface area (Å²) in [5.74, 6) is 0.962. The van der Waals surface area contributed by atoms with Gasteiger partial charge in [0.1, 0.15) is 5.75 Å². The van der Waals surface area contributed by atoms with Crippen LogP contribution in [0.4, 0.5) is 5.69 Å². The third-order valence-corrected chi connectivity index (χ3v) is 2.78. The molecule has 1 aromatic rings. The van der Waals surface area contributed by atoms with Gasteiger partial charge < -0.3 is 10.1 Å². The molecule has 0 unspecified atom stereocenters. The molecule has 0 fully saturated rings. The van der Waals surface area contributed by atoms with Gasteiger partial charge in [0.25, 0.3) is 0 Å². The van der Waals surface area contributed by atoms with Gasteiger partial charge in [-0.25, -0.2) is 0 Å². The SMILES string of the molecule is CCCCCCCNc1ccccc1OCC. The average Bonchev–Trinajstić information content (AvgIpc) is 2.36. The van der Waals surface area contributed by atoms with Gasteiger partial charge in [0.15, 0.2) is 0 Å². The van der Waals surface area contributed by atoms with Gasteiger partial charge in [-0.2, -0.15) is 0 Å². The van der Waals surface area contributed by atoms with Crippen molar-refractivity contribution in [2.75, 3.05) is 18.5 Å². The molecule has 0 aliphatic rings. The fraction of sp³-hybridized carbons (Fsp3) is 0.600. The molecule has 2 nitrogen and oxygen atoms in total. The summed E-state index contributed by atoms with van der Waals surface area (Å²) in [5.41, 5.74) is 1.12. The zero-order valence-electron chi connectivity index (χ0n) is 11.2. The third-order valence-electron chi connectivity index (χ3n) is 2.78. The first-order chi connectivity index (χ1) is 8.38. The second-order valence-electron chi connectivity index (χ2n) is 4.27. The predicted molar refractivity (Wildman–Crippen MR) is 74.9 cm³/mol. The summed E-state index contributed by atoms with van der Waals surface area (Å²) in [4.78, 5) is 0. The highest BCUT2D eigenvalue weighted by molar-refractivity contribution is 5.56. The van der Waals surface area contributed by atoms with E-state index in [1.807, 2.05) is 25.1 Å². The summed E-state index contributed by atoms with van der Waals surface area (Å²) < 4.78 is 5.57. The number of benzene rings is 1. The van der Waals surface area contributed by atoms with Crippen LogP contribution < -0.4 is 10.1 Å². The van der Waals surface area contributed by atoms with Gasteiger partial charge in [0.05, 0.1) is 12.3 Å². The van der Waals surface area contributed by atoms with Crippen molar-refractivity contribution in [2.24, 2.45) is 0 Å². The molecular weight excluding hydrogens is 210 g/mol. The standard InChI is InChI=1S/C15H25NO/c1-3-5-6-7-10-13-16-14-11-8-9-12-15(14)17-4-2/h8-9,11-12,16H,3-7,10,13H2,1-2H3. The van der Waals surface area contributed by atoms with Crippen LogP contribution in [-0.4, -0.2) is 13.2 Å². The average molecular weight is 235 g/mol. The number of nitrogens with one attached hydrogen (secondary N) is 1. The molecule has 2 heteroatoms. The Morgan fingerprint density at radius 2 is 1.76 bits per heavy atom. The van der Waals surface area contributed by atoms with Crippen molar-refractivity contribution < 1.29 is 4.74 Å². The molecule has 1 N–H and O–H groups in total. The predicted octanol–water partition coefficient (Wildman–Crippen LogP) is 4.47. The van der Waals surface area contributed by atoms with E-state index in [1.165, 1.54) is 32.1 Å². The number of hydrogen-bond donors (Lipinski definition) is 1. The fourth-order valence-electron chi connectivity index (χ4n) is 1.85. The summed E-state index contributed by atoms with van der Waals surface area (Å²) in [6.45, 7) is 6.01. The van der Waals surface area contributed by atoms with E-state index < -0.39 is 0 Å². The van der Waals surface area contributed by atoms with Crippen LogP contribution in [0.2, 0.25) is 0 Å². The van der Waals surface area contributed by atoms with Crippen molar-refractivity contribution in [1.82, 2.24) is 0 Å². The Hall–Kier alpha value is -1.18. The van der Waals surface area contributed by atoms with Gasteiger partial charge in [0.2, 0.25) is 0 Å². The highest BCUT2D eigenvalue weighted by Gasteiger charge is 2.00. The quantitative estimate of drug-likeness (QED) is 0.638. The molecule has 0 heterocycles. The van der Waals surface area contributed by atoms with Crippen LogP contribution in [0, 0.1) is 0 Å². The van der Waals surface area contributed by atoms with Crippen molar-refractivity contribution in [3.05, 3.63) is 24.3 Å². The molecule has 0 bridgehead atoms. The minimum absolute atomic E-state index is 0.717. The molecule has 0 amide bonds.